The molecule has 1 aliphatic heterocycles. The monoisotopic (exact) mass is 428 g/mol. The molecule has 0 atom stereocenters. The normalized spacial score (nSPS) is 15.3. The van der Waals surface area contributed by atoms with Crippen LogP contribution in [-0.4, -0.2) is 59.2 Å². The van der Waals surface area contributed by atoms with Gasteiger partial charge in [0.2, 0.25) is 10.0 Å². The minimum atomic E-state index is -3.54. The van der Waals surface area contributed by atoms with Crippen LogP contribution < -0.4 is 5.32 Å². The lowest BCUT2D eigenvalue weighted by Gasteiger charge is -2.26. The zero-order valence-electron chi connectivity index (χ0n) is 16.9. The molecule has 2 N–H and O–H groups in total. The summed E-state index contributed by atoms with van der Waals surface area (Å²) < 4.78 is 32.5. The fourth-order valence-electron chi connectivity index (χ4n) is 3.22. The van der Waals surface area contributed by atoms with Crippen LogP contribution >= 0.6 is 0 Å². The molecule has 0 unspecified atom stereocenters. The molecule has 1 saturated heterocycles. The Balaban J connectivity index is 1.52. The SMILES string of the molecule is Cc1[nH]nc(Nc2ccnc(Cc3cccc(S(=O)(=O)N4CCOCC4)c3)n2)c1C. The van der Waals surface area contributed by atoms with Gasteiger partial charge in [-0.25, -0.2) is 18.4 Å². The number of H-pyrrole nitrogens is 1. The lowest BCUT2D eigenvalue weighted by molar-refractivity contribution is 0.0730. The summed E-state index contributed by atoms with van der Waals surface area (Å²) in [6.45, 7) is 5.51. The molecule has 0 bridgehead atoms. The maximum atomic E-state index is 12.9. The van der Waals surface area contributed by atoms with Crippen molar-refractivity contribution in [3.8, 4) is 0 Å². The van der Waals surface area contributed by atoms with Crippen LogP contribution in [0.2, 0.25) is 0 Å². The molecule has 1 aliphatic rings. The molecule has 158 valence electrons. The van der Waals surface area contributed by atoms with E-state index in [0.29, 0.717) is 44.4 Å². The van der Waals surface area contributed by atoms with Crippen molar-refractivity contribution in [3.63, 3.8) is 0 Å². The molecule has 0 aliphatic carbocycles. The third-order valence-corrected chi connectivity index (χ3v) is 6.97. The van der Waals surface area contributed by atoms with Crippen LogP contribution in [-0.2, 0) is 21.2 Å². The Morgan fingerprint density at radius 1 is 1.20 bits per heavy atom. The number of nitrogens with one attached hydrogen (secondary N) is 2. The van der Waals surface area contributed by atoms with Gasteiger partial charge in [-0.05, 0) is 37.6 Å². The summed E-state index contributed by atoms with van der Waals surface area (Å²) in [4.78, 5) is 9.15. The third kappa shape index (κ3) is 4.35. The molecule has 3 heterocycles. The van der Waals surface area contributed by atoms with Crippen LogP contribution in [0.15, 0.2) is 41.4 Å². The van der Waals surface area contributed by atoms with Crippen molar-refractivity contribution in [1.29, 1.82) is 0 Å². The number of rotatable bonds is 6. The second-order valence-electron chi connectivity index (χ2n) is 7.15. The first-order valence-corrected chi connectivity index (χ1v) is 11.1. The Labute approximate surface area is 175 Å². The summed E-state index contributed by atoms with van der Waals surface area (Å²) in [5.41, 5.74) is 2.84. The van der Waals surface area contributed by atoms with E-state index >= 15 is 0 Å². The molecule has 30 heavy (non-hydrogen) atoms. The van der Waals surface area contributed by atoms with Gasteiger partial charge in [0.05, 0.1) is 18.1 Å². The summed E-state index contributed by atoms with van der Waals surface area (Å²) in [7, 11) is -3.54. The van der Waals surface area contributed by atoms with Crippen LogP contribution in [0, 0.1) is 13.8 Å². The molecule has 3 aromatic rings. The van der Waals surface area contributed by atoms with E-state index in [0.717, 1.165) is 22.6 Å². The fraction of sp³-hybridized carbons (Fsp3) is 0.350. The van der Waals surface area contributed by atoms with Crippen molar-refractivity contribution in [3.05, 3.63) is 59.2 Å². The molecule has 0 amide bonds. The zero-order valence-corrected chi connectivity index (χ0v) is 17.7. The van der Waals surface area contributed by atoms with Crippen molar-refractivity contribution in [2.75, 3.05) is 31.6 Å². The predicted molar refractivity (Wildman–Crippen MR) is 112 cm³/mol. The van der Waals surface area contributed by atoms with E-state index in [4.69, 9.17) is 4.74 Å². The highest BCUT2D eigenvalue weighted by Crippen LogP contribution is 2.21. The van der Waals surface area contributed by atoms with Crippen molar-refractivity contribution in [2.45, 2.75) is 25.2 Å². The second kappa shape index (κ2) is 8.50. The van der Waals surface area contributed by atoms with Crippen molar-refractivity contribution in [2.24, 2.45) is 0 Å². The number of sulfonamides is 1. The topological polar surface area (TPSA) is 113 Å². The average Bonchev–Trinajstić information content (AvgIpc) is 3.07. The average molecular weight is 429 g/mol. The van der Waals surface area contributed by atoms with Gasteiger partial charge in [0.15, 0.2) is 5.82 Å². The van der Waals surface area contributed by atoms with Crippen LogP contribution in [0.3, 0.4) is 0 Å². The standard InChI is InChI=1S/C20H24N6O3S/c1-14-15(2)24-25-20(14)23-18-6-7-21-19(22-18)13-16-4-3-5-17(12-16)30(27,28)26-8-10-29-11-9-26/h3-7,12H,8-11,13H2,1-2H3,(H2,21,22,23,24,25). The molecule has 2 aromatic heterocycles. The highest BCUT2D eigenvalue weighted by Gasteiger charge is 2.26. The molecule has 0 radical (unpaired) electrons. The molecular weight excluding hydrogens is 404 g/mol. The lowest BCUT2D eigenvalue weighted by Crippen LogP contribution is -2.40. The summed E-state index contributed by atoms with van der Waals surface area (Å²) in [6, 6.07) is 8.71. The van der Waals surface area contributed by atoms with Crippen LogP contribution in [0.5, 0.6) is 0 Å². The number of aromatic amines is 1. The molecular formula is C20H24N6O3S. The van der Waals surface area contributed by atoms with Gasteiger partial charge in [-0.2, -0.15) is 9.40 Å². The smallest absolute Gasteiger partial charge is 0.243 e. The zero-order chi connectivity index (χ0) is 21.1. The number of morpholine rings is 1. The van der Waals surface area contributed by atoms with Crippen molar-refractivity contribution >= 4 is 21.7 Å². The first kappa shape index (κ1) is 20.5. The first-order valence-electron chi connectivity index (χ1n) is 9.71. The summed E-state index contributed by atoms with van der Waals surface area (Å²) in [6.07, 6.45) is 2.09. The summed E-state index contributed by atoms with van der Waals surface area (Å²) in [5.74, 6) is 1.94. The summed E-state index contributed by atoms with van der Waals surface area (Å²) >= 11 is 0. The Morgan fingerprint density at radius 3 is 2.73 bits per heavy atom. The second-order valence-corrected chi connectivity index (χ2v) is 9.08. The van der Waals surface area contributed by atoms with Crippen LogP contribution in [0.4, 0.5) is 11.6 Å². The first-order chi connectivity index (χ1) is 14.4. The molecule has 9 nitrogen and oxygen atoms in total. The number of aryl methyl sites for hydroxylation is 1. The predicted octanol–water partition coefficient (Wildman–Crippen LogP) is 2.17. The Bertz CT molecular complexity index is 1140. The third-order valence-electron chi connectivity index (χ3n) is 5.07. The van der Waals surface area contributed by atoms with Gasteiger partial charge in [0.1, 0.15) is 11.6 Å². The van der Waals surface area contributed by atoms with Gasteiger partial charge >= 0.3 is 0 Å². The van der Waals surface area contributed by atoms with E-state index in [1.165, 1.54) is 4.31 Å². The van der Waals surface area contributed by atoms with Crippen molar-refractivity contribution in [1.82, 2.24) is 24.5 Å². The van der Waals surface area contributed by atoms with E-state index in [1.54, 1.807) is 30.5 Å². The minimum absolute atomic E-state index is 0.277. The Kier molecular flexibility index (Phi) is 5.80. The fourth-order valence-corrected chi connectivity index (χ4v) is 4.70. The number of anilines is 2. The van der Waals surface area contributed by atoms with E-state index < -0.39 is 10.0 Å². The number of hydrogen-bond donors (Lipinski definition) is 2. The van der Waals surface area contributed by atoms with E-state index in [9.17, 15) is 8.42 Å². The summed E-state index contributed by atoms with van der Waals surface area (Å²) in [5, 5.41) is 10.4. The quantitative estimate of drug-likeness (QED) is 0.619. The number of benzene rings is 1. The molecule has 0 saturated carbocycles. The number of nitrogens with zero attached hydrogens (tertiary/aromatic N) is 4. The van der Waals surface area contributed by atoms with Gasteiger partial charge < -0.3 is 10.1 Å². The maximum absolute atomic E-state index is 12.9. The molecule has 4 rings (SSSR count). The molecule has 10 heteroatoms. The molecule has 1 aromatic carbocycles. The highest BCUT2D eigenvalue weighted by molar-refractivity contribution is 7.89. The van der Waals surface area contributed by atoms with Gasteiger partial charge in [0.25, 0.3) is 0 Å². The van der Waals surface area contributed by atoms with Gasteiger partial charge in [0, 0.05) is 37.0 Å². The lowest BCUT2D eigenvalue weighted by atomic mass is 10.1. The van der Waals surface area contributed by atoms with Gasteiger partial charge in [-0.1, -0.05) is 12.1 Å². The minimum Gasteiger partial charge on any atom is -0.379 e. The molecule has 0 spiro atoms. The highest BCUT2D eigenvalue weighted by atomic mass is 32.2. The number of aromatic nitrogens is 4. The van der Waals surface area contributed by atoms with E-state index in [1.807, 2.05) is 19.9 Å². The van der Waals surface area contributed by atoms with Crippen LogP contribution in [0.1, 0.15) is 22.6 Å². The number of hydrogen-bond acceptors (Lipinski definition) is 7. The van der Waals surface area contributed by atoms with Gasteiger partial charge in [-0.3, -0.25) is 5.10 Å². The van der Waals surface area contributed by atoms with E-state index in [-0.39, 0.29) is 4.90 Å². The van der Waals surface area contributed by atoms with Crippen molar-refractivity contribution < 1.29 is 13.2 Å². The Morgan fingerprint density at radius 2 is 2.00 bits per heavy atom. The maximum Gasteiger partial charge on any atom is 0.243 e. The van der Waals surface area contributed by atoms with Crippen LogP contribution in [0.25, 0.3) is 0 Å². The van der Waals surface area contributed by atoms with Gasteiger partial charge in [-0.15, -0.1) is 0 Å². The Hall–Kier alpha value is -2.82. The van der Waals surface area contributed by atoms with E-state index in [2.05, 4.69) is 25.5 Å². The largest absolute Gasteiger partial charge is 0.379 e. The number of ether oxygens (including phenoxy) is 1. The molecule has 1 fully saturated rings.